The fourth-order valence-corrected chi connectivity index (χ4v) is 1.30. The van der Waals surface area contributed by atoms with Gasteiger partial charge in [-0.25, -0.2) is 0 Å². The van der Waals surface area contributed by atoms with Crippen LogP contribution in [-0.2, 0) is 0 Å². The van der Waals surface area contributed by atoms with E-state index in [2.05, 4.69) is 0 Å². The van der Waals surface area contributed by atoms with Crippen LogP contribution in [0.3, 0.4) is 0 Å². The first-order chi connectivity index (χ1) is 6.24. The van der Waals surface area contributed by atoms with Crippen LogP contribution in [0, 0.1) is 6.92 Å². The average molecular weight is 182 g/mol. The van der Waals surface area contributed by atoms with Crippen LogP contribution in [0.2, 0.25) is 0 Å². The summed E-state index contributed by atoms with van der Waals surface area (Å²) >= 11 is 0. The Hall–Kier alpha value is -0.800. The molecule has 0 unspecified atom stereocenters. The predicted molar refractivity (Wildman–Crippen MR) is 53.3 cm³/mol. The van der Waals surface area contributed by atoms with E-state index < -0.39 is 0 Å². The van der Waals surface area contributed by atoms with Crippen molar-refractivity contribution in [2.24, 2.45) is 11.5 Å². The SMILES string of the molecule is Cc1ccc([C@@H](N)CCCCN)o1. The normalized spacial score (nSPS) is 13.2. The van der Waals surface area contributed by atoms with Crippen LogP contribution in [0.15, 0.2) is 16.5 Å². The van der Waals surface area contributed by atoms with E-state index in [0.29, 0.717) is 0 Å². The molecule has 3 nitrogen and oxygen atoms in total. The van der Waals surface area contributed by atoms with Crippen molar-refractivity contribution in [3.05, 3.63) is 23.7 Å². The highest BCUT2D eigenvalue weighted by molar-refractivity contribution is 5.08. The first-order valence-corrected chi connectivity index (χ1v) is 4.76. The Morgan fingerprint density at radius 2 is 2.15 bits per heavy atom. The lowest BCUT2D eigenvalue weighted by Gasteiger charge is -2.07. The van der Waals surface area contributed by atoms with Crippen LogP contribution in [-0.4, -0.2) is 6.54 Å². The van der Waals surface area contributed by atoms with Crippen molar-refractivity contribution in [1.82, 2.24) is 0 Å². The van der Waals surface area contributed by atoms with Crippen molar-refractivity contribution in [1.29, 1.82) is 0 Å². The minimum absolute atomic E-state index is 0.0280. The van der Waals surface area contributed by atoms with Crippen molar-refractivity contribution in [3.63, 3.8) is 0 Å². The molecule has 0 saturated carbocycles. The van der Waals surface area contributed by atoms with Gasteiger partial charge in [0, 0.05) is 0 Å². The number of aryl methyl sites for hydroxylation is 1. The number of hydrogen-bond donors (Lipinski definition) is 2. The van der Waals surface area contributed by atoms with Crippen molar-refractivity contribution in [3.8, 4) is 0 Å². The Balaban J connectivity index is 2.35. The first-order valence-electron chi connectivity index (χ1n) is 4.76. The highest BCUT2D eigenvalue weighted by Crippen LogP contribution is 2.18. The molecule has 1 heterocycles. The van der Waals surface area contributed by atoms with Gasteiger partial charge in [-0.15, -0.1) is 0 Å². The molecule has 0 aromatic carbocycles. The van der Waals surface area contributed by atoms with E-state index >= 15 is 0 Å². The number of unbranched alkanes of at least 4 members (excludes halogenated alkanes) is 1. The van der Waals surface area contributed by atoms with Crippen LogP contribution >= 0.6 is 0 Å². The van der Waals surface area contributed by atoms with Gasteiger partial charge < -0.3 is 15.9 Å². The van der Waals surface area contributed by atoms with E-state index in [0.717, 1.165) is 37.3 Å². The monoisotopic (exact) mass is 182 g/mol. The van der Waals surface area contributed by atoms with Gasteiger partial charge >= 0.3 is 0 Å². The van der Waals surface area contributed by atoms with Crippen molar-refractivity contribution < 1.29 is 4.42 Å². The summed E-state index contributed by atoms with van der Waals surface area (Å²) < 4.78 is 5.42. The summed E-state index contributed by atoms with van der Waals surface area (Å²) in [6.07, 6.45) is 3.05. The maximum absolute atomic E-state index is 5.91. The summed E-state index contributed by atoms with van der Waals surface area (Å²) in [4.78, 5) is 0. The third kappa shape index (κ3) is 3.20. The Kier molecular flexibility index (Phi) is 3.99. The number of nitrogens with two attached hydrogens (primary N) is 2. The molecule has 0 bridgehead atoms. The molecule has 0 spiro atoms. The molecule has 1 aromatic rings. The molecule has 74 valence electrons. The van der Waals surface area contributed by atoms with Crippen molar-refractivity contribution >= 4 is 0 Å². The fourth-order valence-electron chi connectivity index (χ4n) is 1.30. The van der Waals surface area contributed by atoms with Crippen LogP contribution in [0.4, 0.5) is 0 Å². The first kappa shape index (κ1) is 10.3. The van der Waals surface area contributed by atoms with Gasteiger partial charge in [-0.2, -0.15) is 0 Å². The van der Waals surface area contributed by atoms with Crippen LogP contribution in [0.25, 0.3) is 0 Å². The van der Waals surface area contributed by atoms with Gasteiger partial charge in [-0.05, 0) is 38.4 Å². The molecule has 0 aliphatic carbocycles. The van der Waals surface area contributed by atoms with Gasteiger partial charge in [-0.1, -0.05) is 6.42 Å². The van der Waals surface area contributed by atoms with E-state index in [1.807, 2.05) is 19.1 Å². The molecule has 0 radical (unpaired) electrons. The third-order valence-corrected chi connectivity index (χ3v) is 2.10. The summed E-state index contributed by atoms with van der Waals surface area (Å²) in [6.45, 7) is 2.67. The Morgan fingerprint density at radius 1 is 1.38 bits per heavy atom. The molecule has 3 heteroatoms. The molecular weight excluding hydrogens is 164 g/mol. The molecule has 1 atom stereocenters. The van der Waals surface area contributed by atoms with Crippen molar-refractivity contribution in [2.45, 2.75) is 32.2 Å². The zero-order chi connectivity index (χ0) is 9.68. The fraction of sp³-hybridized carbons (Fsp3) is 0.600. The molecule has 0 amide bonds. The second-order valence-corrected chi connectivity index (χ2v) is 3.34. The zero-order valence-corrected chi connectivity index (χ0v) is 8.12. The number of hydrogen-bond acceptors (Lipinski definition) is 3. The lowest BCUT2D eigenvalue weighted by Crippen LogP contribution is -2.10. The summed E-state index contributed by atoms with van der Waals surface area (Å²) in [5.74, 6) is 1.80. The molecular formula is C10H18N2O. The summed E-state index contributed by atoms with van der Waals surface area (Å²) in [6, 6.07) is 3.92. The molecule has 0 aliphatic rings. The lowest BCUT2D eigenvalue weighted by molar-refractivity contribution is 0.427. The predicted octanol–water partition coefficient (Wildman–Crippen LogP) is 1.72. The quantitative estimate of drug-likeness (QED) is 0.681. The van der Waals surface area contributed by atoms with Gasteiger partial charge in [0.05, 0.1) is 6.04 Å². The van der Waals surface area contributed by atoms with Crippen molar-refractivity contribution in [2.75, 3.05) is 6.54 Å². The highest BCUT2D eigenvalue weighted by atomic mass is 16.3. The summed E-state index contributed by atoms with van der Waals surface area (Å²) in [7, 11) is 0. The van der Waals surface area contributed by atoms with E-state index in [1.165, 1.54) is 0 Å². The van der Waals surface area contributed by atoms with Gasteiger partial charge in [0.2, 0.25) is 0 Å². The van der Waals surface area contributed by atoms with Gasteiger partial charge in [0.1, 0.15) is 11.5 Å². The Labute approximate surface area is 79.1 Å². The van der Waals surface area contributed by atoms with Gasteiger partial charge in [0.15, 0.2) is 0 Å². The standard InChI is InChI=1S/C10H18N2O/c1-8-5-6-10(13-8)9(12)4-2-3-7-11/h5-6,9H,2-4,7,11-12H2,1H3/t9-/m0/s1. The largest absolute Gasteiger partial charge is 0.465 e. The summed E-state index contributed by atoms with van der Waals surface area (Å²) in [5, 5.41) is 0. The molecule has 1 aromatic heterocycles. The second kappa shape index (κ2) is 5.04. The van der Waals surface area contributed by atoms with Crippen LogP contribution in [0.5, 0.6) is 0 Å². The zero-order valence-electron chi connectivity index (χ0n) is 8.12. The molecule has 0 aliphatic heterocycles. The molecule has 13 heavy (non-hydrogen) atoms. The van der Waals surface area contributed by atoms with Gasteiger partial charge in [0.25, 0.3) is 0 Å². The highest BCUT2D eigenvalue weighted by Gasteiger charge is 2.08. The minimum Gasteiger partial charge on any atom is -0.465 e. The van der Waals surface area contributed by atoms with E-state index in [4.69, 9.17) is 15.9 Å². The molecule has 1 rings (SSSR count). The topological polar surface area (TPSA) is 65.2 Å². The second-order valence-electron chi connectivity index (χ2n) is 3.34. The van der Waals surface area contributed by atoms with Crippen LogP contribution in [0.1, 0.15) is 36.8 Å². The summed E-state index contributed by atoms with van der Waals surface area (Å²) in [5.41, 5.74) is 11.3. The molecule has 0 saturated heterocycles. The molecule has 4 N–H and O–H groups in total. The third-order valence-electron chi connectivity index (χ3n) is 2.10. The smallest absolute Gasteiger partial charge is 0.120 e. The Morgan fingerprint density at radius 3 is 2.69 bits per heavy atom. The maximum atomic E-state index is 5.91. The Bertz CT molecular complexity index is 245. The molecule has 0 fully saturated rings. The number of furan rings is 1. The minimum atomic E-state index is 0.0280. The average Bonchev–Trinajstić information content (AvgIpc) is 2.52. The van der Waals surface area contributed by atoms with E-state index in [-0.39, 0.29) is 6.04 Å². The number of rotatable bonds is 5. The van der Waals surface area contributed by atoms with E-state index in [9.17, 15) is 0 Å². The van der Waals surface area contributed by atoms with Gasteiger partial charge in [-0.3, -0.25) is 0 Å². The van der Waals surface area contributed by atoms with E-state index in [1.54, 1.807) is 0 Å². The lowest BCUT2D eigenvalue weighted by atomic mass is 10.1. The maximum Gasteiger partial charge on any atom is 0.120 e. The van der Waals surface area contributed by atoms with Crippen LogP contribution < -0.4 is 11.5 Å².